The molecule has 148 valence electrons. The van der Waals surface area contributed by atoms with Gasteiger partial charge in [-0.25, -0.2) is 9.69 Å². The van der Waals surface area contributed by atoms with Gasteiger partial charge in [0.15, 0.2) is 0 Å². The van der Waals surface area contributed by atoms with Crippen LogP contribution in [0.2, 0.25) is 0 Å². The van der Waals surface area contributed by atoms with Crippen molar-refractivity contribution in [2.24, 2.45) is 0 Å². The highest BCUT2D eigenvalue weighted by Gasteiger charge is 2.37. The number of hydrogen-bond acceptors (Lipinski definition) is 6. The second-order valence-corrected chi connectivity index (χ2v) is 7.59. The van der Waals surface area contributed by atoms with Crippen molar-refractivity contribution in [3.63, 3.8) is 0 Å². The number of nitrogens with one attached hydrogen (secondary N) is 1. The van der Waals surface area contributed by atoms with Gasteiger partial charge in [-0.1, -0.05) is 6.07 Å². The molecule has 0 saturated carbocycles. The number of carbonyl (C=O) groups is 3. The Kier molecular flexibility index (Phi) is 5.38. The quantitative estimate of drug-likeness (QED) is 0.216. The molecule has 4 amide bonds. The summed E-state index contributed by atoms with van der Waals surface area (Å²) in [4.78, 5) is 48.7. The molecule has 0 aliphatic carbocycles. The summed E-state index contributed by atoms with van der Waals surface area (Å²) in [5.74, 6) is -2.27. The summed E-state index contributed by atoms with van der Waals surface area (Å²) < 4.78 is 0.176. The molecule has 0 radical (unpaired) electrons. The minimum absolute atomic E-state index is 0.159. The third-order valence-electron chi connectivity index (χ3n) is 4.14. The van der Waals surface area contributed by atoms with Crippen molar-refractivity contribution in [2.75, 3.05) is 4.90 Å². The number of hydrogen-bond donors (Lipinski definition) is 2. The van der Waals surface area contributed by atoms with Gasteiger partial charge >= 0.3 is 11.7 Å². The van der Waals surface area contributed by atoms with Crippen LogP contribution in [0.4, 0.5) is 16.2 Å². The Balaban J connectivity index is 2.10. The Bertz CT molecular complexity index is 1100. The summed E-state index contributed by atoms with van der Waals surface area (Å²) >= 11 is 1.70. The number of imide groups is 2. The Hall–Kier alpha value is -3.28. The number of nitrogens with zero attached hydrogens (tertiary/aromatic N) is 2. The zero-order chi connectivity index (χ0) is 21.5. The van der Waals surface area contributed by atoms with Crippen LogP contribution in [0.25, 0.3) is 6.08 Å². The van der Waals surface area contributed by atoms with Crippen LogP contribution in [0, 0.1) is 27.5 Å². The molecule has 2 aromatic rings. The highest BCUT2D eigenvalue weighted by molar-refractivity contribution is 14.1. The van der Waals surface area contributed by atoms with Crippen LogP contribution in [0.15, 0.2) is 35.9 Å². The fraction of sp³-hybridized carbons (Fsp3) is 0.105. The minimum Gasteiger partial charge on any atom is -0.501 e. The molecule has 2 aromatic carbocycles. The number of carbonyl (C=O) groups excluding carboxylic acids is 3. The predicted octanol–water partition coefficient (Wildman–Crippen LogP) is 3.19. The molecule has 10 heteroatoms. The van der Waals surface area contributed by atoms with Crippen LogP contribution in [0.5, 0.6) is 5.75 Å². The van der Waals surface area contributed by atoms with E-state index in [2.05, 4.69) is 5.32 Å². The van der Waals surface area contributed by atoms with Crippen LogP contribution >= 0.6 is 22.6 Å². The Morgan fingerprint density at radius 3 is 2.31 bits per heavy atom. The molecule has 29 heavy (non-hydrogen) atoms. The summed E-state index contributed by atoms with van der Waals surface area (Å²) in [6, 6.07) is 6.68. The second-order valence-electron chi connectivity index (χ2n) is 6.43. The molecule has 3 rings (SSSR count). The van der Waals surface area contributed by atoms with Gasteiger partial charge in [0.05, 0.1) is 14.2 Å². The first-order chi connectivity index (χ1) is 13.6. The molecule has 0 spiro atoms. The van der Waals surface area contributed by atoms with Crippen molar-refractivity contribution in [3.8, 4) is 5.75 Å². The van der Waals surface area contributed by atoms with Crippen molar-refractivity contribution >= 4 is 57.9 Å². The molecule has 2 N–H and O–H groups in total. The first-order valence-corrected chi connectivity index (χ1v) is 9.33. The highest BCUT2D eigenvalue weighted by Crippen LogP contribution is 2.33. The van der Waals surface area contributed by atoms with Crippen molar-refractivity contribution in [1.82, 2.24) is 5.32 Å². The molecule has 1 aliphatic rings. The van der Waals surface area contributed by atoms with Gasteiger partial charge < -0.3 is 5.11 Å². The van der Waals surface area contributed by atoms with E-state index in [-0.39, 0.29) is 14.7 Å². The number of aryl methyl sites for hydroxylation is 2. The van der Waals surface area contributed by atoms with E-state index in [1.54, 1.807) is 34.7 Å². The van der Waals surface area contributed by atoms with Gasteiger partial charge in [-0.2, -0.15) is 0 Å². The lowest BCUT2D eigenvalue weighted by Gasteiger charge is -2.27. The fourth-order valence-electron chi connectivity index (χ4n) is 2.97. The lowest BCUT2D eigenvalue weighted by atomic mass is 10.0. The van der Waals surface area contributed by atoms with Crippen LogP contribution < -0.4 is 10.2 Å². The van der Waals surface area contributed by atoms with E-state index in [1.165, 1.54) is 6.07 Å². The number of nitro benzene ring substituents is 1. The molecule has 0 atom stereocenters. The summed E-state index contributed by atoms with van der Waals surface area (Å²) in [5, 5.41) is 23.0. The molecule has 1 saturated heterocycles. The Morgan fingerprint density at radius 2 is 1.72 bits per heavy atom. The molecular weight excluding hydrogens is 493 g/mol. The maximum absolute atomic E-state index is 12.9. The zero-order valence-corrected chi connectivity index (χ0v) is 17.4. The van der Waals surface area contributed by atoms with E-state index in [9.17, 15) is 29.6 Å². The van der Waals surface area contributed by atoms with E-state index in [1.807, 2.05) is 19.9 Å². The van der Waals surface area contributed by atoms with Crippen molar-refractivity contribution in [2.45, 2.75) is 13.8 Å². The summed E-state index contributed by atoms with van der Waals surface area (Å²) in [6.07, 6.45) is 1.15. The van der Waals surface area contributed by atoms with Crippen LogP contribution in [0.3, 0.4) is 0 Å². The number of aromatic hydroxyl groups is 1. The van der Waals surface area contributed by atoms with Crippen LogP contribution in [-0.4, -0.2) is 27.9 Å². The average molecular weight is 507 g/mol. The van der Waals surface area contributed by atoms with E-state index in [0.29, 0.717) is 5.69 Å². The van der Waals surface area contributed by atoms with Gasteiger partial charge in [-0.3, -0.25) is 25.0 Å². The zero-order valence-electron chi connectivity index (χ0n) is 15.2. The monoisotopic (exact) mass is 507 g/mol. The number of halogens is 1. The van der Waals surface area contributed by atoms with Crippen molar-refractivity contribution in [3.05, 3.63) is 66.3 Å². The molecule has 9 nitrogen and oxygen atoms in total. The molecule has 1 heterocycles. The van der Waals surface area contributed by atoms with Crippen LogP contribution in [-0.2, 0) is 9.59 Å². The van der Waals surface area contributed by atoms with E-state index in [0.717, 1.165) is 28.2 Å². The summed E-state index contributed by atoms with van der Waals surface area (Å²) in [5.41, 5.74) is 1.19. The number of phenols is 1. The molecule has 0 bridgehead atoms. The lowest BCUT2D eigenvalue weighted by Crippen LogP contribution is -2.54. The number of nitro groups is 1. The Morgan fingerprint density at radius 1 is 1.10 bits per heavy atom. The third-order valence-corrected chi connectivity index (χ3v) is 4.96. The number of phenolic OH excluding ortho intramolecular Hbond substituents is 1. The smallest absolute Gasteiger partial charge is 0.335 e. The predicted molar refractivity (Wildman–Crippen MR) is 112 cm³/mol. The van der Waals surface area contributed by atoms with Gasteiger partial charge in [0, 0.05) is 6.07 Å². The van der Waals surface area contributed by atoms with Gasteiger partial charge in [0.1, 0.15) is 5.57 Å². The van der Waals surface area contributed by atoms with Gasteiger partial charge in [0.2, 0.25) is 5.75 Å². The molecular formula is C19H14IN3O6. The second kappa shape index (κ2) is 7.62. The molecule has 1 fully saturated rings. The number of amides is 4. The molecule has 0 aromatic heterocycles. The topological polar surface area (TPSA) is 130 Å². The maximum atomic E-state index is 12.9. The van der Waals surface area contributed by atoms with Gasteiger partial charge in [-0.05, 0) is 77.4 Å². The number of rotatable bonds is 3. The molecule has 0 unspecified atom stereocenters. The maximum Gasteiger partial charge on any atom is 0.335 e. The van der Waals surface area contributed by atoms with Crippen molar-refractivity contribution < 1.29 is 24.4 Å². The highest BCUT2D eigenvalue weighted by atomic mass is 127. The number of barbiturate groups is 1. The molecule has 1 aliphatic heterocycles. The normalized spacial score (nSPS) is 15.6. The Labute approximate surface area is 178 Å². The minimum atomic E-state index is -0.911. The average Bonchev–Trinajstić information content (AvgIpc) is 2.60. The number of urea groups is 1. The van der Waals surface area contributed by atoms with Gasteiger partial charge in [0.25, 0.3) is 11.8 Å². The number of anilines is 1. The summed E-state index contributed by atoms with van der Waals surface area (Å²) in [7, 11) is 0. The fourth-order valence-corrected chi connectivity index (χ4v) is 3.60. The summed E-state index contributed by atoms with van der Waals surface area (Å²) in [6.45, 7) is 3.62. The standard InChI is InChI=1S/C19H14IN3O6/c1-9-3-10(2)5-12(4-9)22-18(26)13(17(25)21-19(22)27)6-11-7-14(20)16(24)15(8-11)23(28)29/h3-8,24H,1-2H3,(H,21,25,27). The third kappa shape index (κ3) is 3.97. The van der Waals surface area contributed by atoms with Crippen molar-refractivity contribution in [1.29, 1.82) is 0 Å². The van der Waals surface area contributed by atoms with Gasteiger partial charge in [-0.15, -0.1) is 0 Å². The SMILES string of the molecule is Cc1cc(C)cc(N2C(=O)NC(=O)C(=Cc3cc(I)c(O)c([N+](=O)[O-])c3)C2=O)c1. The largest absolute Gasteiger partial charge is 0.501 e. The van der Waals surface area contributed by atoms with Crippen LogP contribution in [0.1, 0.15) is 16.7 Å². The van der Waals surface area contributed by atoms with E-state index >= 15 is 0 Å². The lowest BCUT2D eigenvalue weighted by molar-refractivity contribution is -0.386. The first-order valence-electron chi connectivity index (χ1n) is 8.25. The van der Waals surface area contributed by atoms with E-state index < -0.39 is 34.2 Å². The number of benzene rings is 2. The van der Waals surface area contributed by atoms with E-state index in [4.69, 9.17) is 0 Å². The first kappa shape index (κ1) is 20.5.